The molecule has 2 aliphatic rings. The van der Waals surface area contributed by atoms with Crippen LogP contribution in [0.3, 0.4) is 0 Å². The molecule has 0 unspecified atom stereocenters. The number of pyridine rings is 1. The number of Topliss-reactive ketones (excluding diaryl/α,β-unsaturated/α-hetero) is 1. The normalized spacial score (nSPS) is 30.7. The van der Waals surface area contributed by atoms with E-state index in [2.05, 4.69) is 4.98 Å². The maximum absolute atomic E-state index is 13.1. The van der Waals surface area contributed by atoms with Crippen LogP contribution in [0.15, 0.2) is 36.5 Å². The van der Waals surface area contributed by atoms with E-state index in [0.717, 1.165) is 11.8 Å². The van der Waals surface area contributed by atoms with E-state index in [1.54, 1.807) is 12.3 Å². The summed E-state index contributed by atoms with van der Waals surface area (Å²) in [6.07, 6.45) is 3.43. The molecule has 2 aromatic rings. The number of fused-ring (bicyclic) bond motifs is 3. The zero-order chi connectivity index (χ0) is 17.2. The van der Waals surface area contributed by atoms with Gasteiger partial charge in [-0.25, -0.2) is 0 Å². The van der Waals surface area contributed by atoms with Crippen LogP contribution in [0.4, 0.5) is 0 Å². The van der Waals surface area contributed by atoms with Crippen LogP contribution in [0, 0.1) is 16.2 Å². The van der Waals surface area contributed by atoms with E-state index >= 15 is 0 Å². The summed E-state index contributed by atoms with van der Waals surface area (Å²) in [5.41, 5.74) is -0.877. The van der Waals surface area contributed by atoms with Gasteiger partial charge in [-0.3, -0.25) is 14.6 Å². The van der Waals surface area contributed by atoms with Gasteiger partial charge >= 0.3 is 5.97 Å². The van der Waals surface area contributed by atoms with E-state index in [-0.39, 0.29) is 18.2 Å². The van der Waals surface area contributed by atoms with Gasteiger partial charge in [0.1, 0.15) is 11.3 Å². The van der Waals surface area contributed by atoms with Gasteiger partial charge in [-0.2, -0.15) is 0 Å². The Balaban J connectivity index is 1.74. The fourth-order valence-corrected chi connectivity index (χ4v) is 4.67. The van der Waals surface area contributed by atoms with Crippen LogP contribution in [0.25, 0.3) is 10.9 Å². The number of carbonyl (C=O) groups excluding carboxylic acids is 2. The molecule has 4 rings (SSSR count). The number of rotatable bonds is 2. The van der Waals surface area contributed by atoms with Gasteiger partial charge in [-0.1, -0.05) is 39.0 Å². The summed E-state index contributed by atoms with van der Waals surface area (Å²) in [7, 11) is 0. The van der Waals surface area contributed by atoms with E-state index in [4.69, 9.17) is 4.74 Å². The van der Waals surface area contributed by atoms with Crippen molar-refractivity contribution in [3.05, 3.63) is 36.5 Å². The predicted octanol–water partition coefficient (Wildman–Crippen LogP) is 3.93. The Hall–Kier alpha value is -2.23. The van der Waals surface area contributed by atoms with Crippen LogP contribution in [0.2, 0.25) is 0 Å². The van der Waals surface area contributed by atoms with Gasteiger partial charge in [-0.15, -0.1) is 0 Å². The summed E-state index contributed by atoms with van der Waals surface area (Å²) in [5.74, 6) is 0.364. The Morgan fingerprint density at radius 1 is 1.12 bits per heavy atom. The second-order valence-electron chi connectivity index (χ2n) is 7.86. The first kappa shape index (κ1) is 15.3. The molecule has 24 heavy (non-hydrogen) atoms. The molecule has 0 radical (unpaired) electrons. The third-order valence-corrected chi connectivity index (χ3v) is 6.89. The summed E-state index contributed by atoms with van der Waals surface area (Å²) in [5, 5.41) is 0.929. The maximum atomic E-state index is 13.1. The zero-order valence-electron chi connectivity index (χ0n) is 14.3. The number of ketones is 1. The number of carbonyl (C=O) groups is 2. The standard InChI is InChI=1S/C20H21NO3/c1-18(2)19(3)9-10-20(18,12-15(19)22)17(23)24-14-8-4-6-13-7-5-11-21-16(13)14/h4-8,11H,9-10,12H2,1-3H3/t19-,20-/m1/s1. The third kappa shape index (κ3) is 1.66. The van der Waals surface area contributed by atoms with Gasteiger partial charge < -0.3 is 4.74 Å². The molecule has 2 bridgehead atoms. The molecule has 0 saturated heterocycles. The van der Waals surface area contributed by atoms with Crippen molar-refractivity contribution in [2.24, 2.45) is 16.2 Å². The van der Waals surface area contributed by atoms with Crippen LogP contribution in [-0.4, -0.2) is 16.7 Å². The van der Waals surface area contributed by atoms with Crippen molar-refractivity contribution in [2.75, 3.05) is 0 Å². The number of aromatic nitrogens is 1. The van der Waals surface area contributed by atoms with Crippen molar-refractivity contribution in [1.29, 1.82) is 0 Å². The highest BCUT2D eigenvalue weighted by Crippen LogP contribution is 2.70. The molecule has 124 valence electrons. The van der Waals surface area contributed by atoms with E-state index in [9.17, 15) is 9.59 Å². The lowest BCUT2D eigenvalue weighted by molar-refractivity contribution is -0.151. The minimum Gasteiger partial charge on any atom is -0.424 e. The van der Waals surface area contributed by atoms with Crippen molar-refractivity contribution < 1.29 is 14.3 Å². The quantitative estimate of drug-likeness (QED) is 0.621. The largest absolute Gasteiger partial charge is 0.424 e. The average molecular weight is 323 g/mol. The van der Waals surface area contributed by atoms with Gasteiger partial charge in [0, 0.05) is 23.4 Å². The van der Waals surface area contributed by atoms with E-state index < -0.39 is 16.2 Å². The molecule has 1 heterocycles. The van der Waals surface area contributed by atoms with Gasteiger partial charge in [0.15, 0.2) is 5.75 Å². The van der Waals surface area contributed by atoms with Gasteiger partial charge in [-0.05, 0) is 30.4 Å². The molecule has 2 atom stereocenters. The molecule has 2 saturated carbocycles. The number of nitrogens with zero attached hydrogens (tertiary/aromatic N) is 1. The Bertz CT molecular complexity index is 867. The number of para-hydroxylation sites is 1. The summed E-state index contributed by atoms with van der Waals surface area (Å²) in [4.78, 5) is 30.0. The summed E-state index contributed by atoms with van der Waals surface area (Å²) in [6, 6.07) is 9.35. The van der Waals surface area contributed by atoms with Crippen molar-refractivity contribution in [3.63, 3.8) is 0 Å². The lowest BCUT2D eigenvalue weighted by atomic mass is 9.65. The van der Waals surface area contributed by atoms with Crippen LogP contribution < -0.4 is 4.74 Å². The molecular weight excluding hydrogens is 302 g/mol. The second-order valence-corrected chi connectivity index (χ2v) is 7.86. The van der Waals surface area contributed by atoms with Crippen molar-refractivity contribution in [3.8, 4) is 5.75 Å². The molecule has 4 heteroatoms. The Morgan fingerprint density at radius 2 is 1.88 bits per heavy atom. The molecule has 1 aromatic heterocycles. The Morgan fingerprint density at radius 3 is 2.54 bits per heavy atom. The van der Waals surface area contributed by atoms with Crippen molar-refractivity contribution >= 4 is 22.7 Å². The fourth-order valence-electron chi connectivity index (χ4n) is 4.67. The van der Waals surface area contributed by atoms with Gasteiger partial charge in [0.2, 0.25) is 0 Å². The first-order valence-electron chi connectivity index (χ1n) is 8.41. The Kier molecular flexibility index (Phi) is 2.97. The predicted molar refractivity (Wildman–Crippen MR) is 90.6 cm³/mol. The second kappa shape index (κ2) is 4.65. The van der Waals surface area contributed by atoms with Gasteiger partial charge in [0.25, 0.3) is 0 Å². The molecule has 0 aliphatic heterocycles. The molecular formula is C20H21NO3. The smallest absolute Gasteiger partial charge is 0.318 e. The lowest BCUT2D eigenvalue weighted by Crippen LogP contribution is -2.42. The monoisotopic (exact) mass is 323 g/mol. The molecule has 0 N–H and O–H groups in total. The highest BCUT2D eigenvalue weighted by molar-refractivity contribution is 5.99. The lowest BCUT2D eigenvalue weighted by Gasteiger charge is -2.37. The first-order valence-corrected chi connectivity index (χ1v) is 8.41. The highest BCUT2D eigenvalue weighted by atomic mass is 16.5. The zero-order valence-corrected chi connectivity index (χ0v) is 14.3. The number of hydrogen-bond acceptors (Lipinski definition) is 4. The fraction of sp³-hybridized carbons (Fsp3) is 0.450. The van der Waals surface area contributed by atoms with E-state index in [1.807, 2.05) is 45.0 Å². The van der Waals surface area contributed by atoms with Crippen LogP contribution in [-0.2, 0) is 9.59 Å². The van der Waals surface area contributed by atoms with Crippen LogP contribution in [0.5, 0.6) is 5.75 Å². The number of hydrogen-bond donors (Lipinski definition) is 0. The van der Waals surface area contributed by atoms with E-state index in [0.29, 0.717) is 17.7 Å². The number of benzene rings is 1. The van der Waals surface area contributed by atoms with Gasteiger partial charge in [0.05, 0.1) is 5.41 Å². The molecule has 4 nitrogen and oxygen atoms in total. The van der Waals surface area contributed by atoms with Crippen LogP contribution in [0.1, 0.15) is 40.0 Å². The number of esters is 1. The molecule has 0 spiro atoms. The highest BCUT2D eigenvalue weighted by Gasteiger charge is 2.73. The molecule has 2 aliphatic carbocycles. The van der Waals surface area contributed by atoms with E-state index in [1.165, 1.54) is 0 Å². The third-order valence-electron chi connectivity index (χ3n) is 6.89. The Labute approximate surface area is 141 Å². The van der Waals surface area contributed by atoms with Crippen molar-refractivity contribution in [2.45, 2.75) is 40.0 Å². The molecule has 0 amide bonds. The first-order chi connectivity index (χ1) is 11.3. The molecule has 1 aromatic carbocycles. The summed E-state index contributed by atoms with van der Waals surface area (Å²) >= 11 is 0. The topological polar surface area (TPSA) is 56.3 Å². The minimum absolute atomic E-state index is 0.187. The average Bonchev–Trinajstić information content (AvgIpc) is 2.85. The van der Waals surface area contributed by atoms with Crippen molar-refractivity contribution in [1.82, 2.24) is 4.98 Å². The maximum Gasteiger partial charge on any atom is 0.318 e. The number of ether oxygens (including phenoxy) is 1. The summed E-state index contributed by atoms with van der Waals surface area (Å²) in [6.45, 7) is 6.07. The summed E-state index contributed by atoms with van der Waals surface area (Å²) < 4.78 is 5.81. The molecule has 2 fully saturated rings. The minimum atomic E-state index is -0.726. The SMILES string of the molecule is CC1(C)[C@]2(C(=O)Oc3cccc4cccnc34)CC[C@]1(C)C(=O)C2. The van der Waals surface area contributed by atoms with Crippen LogP contribution >= 0.6 is 0 Å².